The molecule has 0 radical (unpaired) electrons. The molecule has 0 aliphatic rings. The fraction of sp³-hybridized carbons (Fsp3) is 0.482. The van der Waals surface area contributed by atoms with Gasteiger partial charge in [-0.1, -0.05) is 204 Å². The van der Waals surface area contributed by atoms with Crippen molar-refractivity contribution in [3.8, 4) is 0 Å². The third-order valence-corrected chi connectivity index (χ3v) is 9.01. The molecule has 0 saturated carbocycles. The van der Waals surface area contributed by atoms with Crippen LogP contribution in [0.15, 0.2) is 158 Å². The molecular weight excluding hydrogens is 769 g/mol. The van der Waals surface area contributed by atoms with Crippen LogP contribution in [0.3, 0.4) is 0 Å². The second-order valence-corrected chi connectivity index (χ2v) is 14.8. The Kier molecular flexibility index (Phi) is 44.8. The summed E-state index contributed by atoms with van der Waals surface area (Å²) in [6.45, 7) is 6.10. The summed E-state index contributed by atoms with van der Waals surface area (Å²) in [6.07, 6.45) is 70.8. The molecule has 1 atom stereocenters. The Morgan fingerprint density at radius 1 is 0.339 bits per heavy atom. The van der Waals surface area contributed by atoms with Crippen LogP contribution in [0.4, 0.5) is 0 Å². The average molecular weight is 851 g/mol. The van der Waals surface area contributed by atoms with Crippen LogP contribution in [-0.2, 0) is 28.6 Å². The van der Waals surface area contributed by atoms with E-state index in [1.165, 1.54) is 0 Å². The molecule has 62 heavy (non-hydrogen) atoms. The number of ether oxygens (including phenoxy) is 3. The Balaban J connectivity index is 4.63. The third kappa shape index (κ3) is 46.1. The first-order valence-corrected chi connectivity index (χ1v) is 23.6. The molecule has 0 heterocycles. The van der Waals surface area contributed by atoms with E-state index in [1.54, 1.807) is 0 Å². The lowest BCUT2D eigenvalue weighted by Crippen LogP contribution is -2.30. The molecular formula is C56H82O6. The van der Waals surface area contributed by atoms with Crippen molar-refractivity contribution >= 4 is 17.9 Å². The number of unbranched alkanes of at least 4 members (excludes halogenated alkanes) is 10. The zero-order valence-electron chi connectivity index (χ0n) is 38.8. The summed E-state index contributed by atoms with van der Waals surface area (Å²) in [5.41, 5.74) is 0. The molecule has 0 amide bonds. The first-order valence-electron chi connectivity index (χ1n) is 23.6. The number of allylic oxidation sites excluding steroid dienone is 26. The van der Waals surface area contributed by atoms with Crippen molar-refractivity contribution in [3.63, 3.8) is 0 Å². The van der Waals surface area contributed by atoms with Crippen LogP contribution in [0.2, 0.25) is 0 Å². The van der Waals surface area contributed by atoms with Crippen LogP contribution in [0.1, 0.15) is 156 Å². The van der Waals surface area contributed by atoms with Crippen LogP contribution < -0.4 is 0 Å². The van der Waals surface area contributed by atoms with Gasteiger partial charge in [0.25, 0.3) is 0 Å². The molecule has 0 saturated heterocycles. The van der Waals surface area contributed by atoms with Gasteiger partial charge in [-0.15, -0.1) is 0 Å². The molecule has 0 aromatic heterocycles. The monoisotopic (exact) mass is 851 g/mol. The number of hydrogen-bond donors (Lipinski definition) is 0. The highest BCUT2D eigenvalue weighted by molar-refractivity contribution is 5.71. The molecule has 0 aliphatic heterocycles. The summed E-state index contributed by atoms with van der Waals surface area (Å²) >= 11 is 0. The zero-order valence-corrected chi connectivity index (χ0v) is 38.8. The van der Waals surface area contributed by atoms with Crippen molar-refractivity contribution in [2.45, 2.75) is 162 Å². The van der Waals surface area contributed by atoms with Crippen molar-refractivity contribution in [3.05, 3.63) is 158 Å². The molecule has 0 N–H and O–H groups in total. The highest BCUT2D eigenvalue weighted by Gasteiger charge is 2.19. The predicted molar refractivity (Wildman–Crippen MR) is 265 cm³/mol. The molecule has 6 heteroatoms. The second kappa shape index (κ2) is 48.7. The Labute approximate surface area is 378 Å². The SMILES string of the molecule is CC/C=C/C=C/C=C/C=C/C=C/C=C/CCCCCC(=O)OCC(COC(=O)CCCCC/C=C/C=C/C=C/C=C/CC)OC(=O)CCCCCC/C=C/C/C=C/C/C=C/CC. The molecule has 342 valence electrons. The maximum Gasteiger partial charge on any atom is 0.306 e. The molecule has 0 aliphatic carbocycles. The Hall–Kier alpha value is -4.97. The molecule has 0 fully saturated rings. The predicted octanol–water partition coefficient (Wildman–Crippen LogP) is 15.5. The zero-order chi connectivity index (χ0) is 45.1. The van der Waals surface area contributed by atoms with Crippen LogP contribution in [0.25, 0.3) is 0 Å². The maximum atomic E-state index is 12.8. The lowest BCUT2D eigenvalue weighted by atomic mass is 10.1. The highest BCUT2D eigenvalue weighted by atomic mass is 16.6. The Morgan fingerprint density at radius 3 is 1.10 bits per heavy atom. The van der Waals surface area contributed by atoms with Crippen LogP contribution in [0, 0.1) is 0 Å². The third-order valence-electron chi connectivity index (χ3n) is 9.01. The van der Waals surface area contributed by atoms with Gasteiger partial charge in [-0.3, -0.25) is 14.4 Å². The van der Waals surface area contributed by atoms with Crippen molar-refractivity contribution < 1.29 is 28.6 Å². The van der Waals surface area contributed by atoms with Crippen LogP contribution >= 0.6 is 0 Å². The smallest absolute Gasteiger partial charge is 0.306 e. The minimum atomic E-state index is -0.832. The van der Waals surface area contributed by atoms with Crippen molar-refractivity contribution in [1.82, 2.24) is 0 Å². The summed E-state index contributed by atoms with van der Waals surface area (Å²) in [5.74, 6) is -1.05. The standard InChI is InChI=1S/C56H82O6/c1-4-7-10-13-16-19-22-25-27-28-29-32-34-37-40-43-46-49-55(58)61-52-53(51-60-54(57)48-45-42-39-36-33-30-24-21-18-15-12-9-6-3)62-56(59)50-47-44-41-38-35-31-26-23-20-17-14-11-8-5-2/h7-13,15-22,24-34,53H,4-6,14,23,35-52H2,1-3H3/b10-7+,11-8+,12-9+,16-13+,18-15+,20-17+,22-19+,24-21+,27-25+,29-28+,31-26+,33-30+,34-32+. The van der Waals surface area contributed by atoms with E-state index in [4.69, 9.17) is 14.2 Å². The van der Waals surface area contributed by atoms with Gasteiger partial charge in [0.15, 0.2) is 6.10 Å². The minimum Gasteiger partial charge on any atom is -0.462 e. The summed E-state index contributed by atoms with van der Waals surface area (Å²) in [4.78, 5) is 37.9. The van der Waals surface area contributed by atoms with E-state index in [-0.39, 0.29) is 44.0 Å². The number of carbonyl (C=O) groups is 3. The lowest BCUT2D eigenvalue weighted by molar-refractivity contribution is -0.167. The second-order valence-electron chi connectivity index (χ2n) is 14.8. The number of carbonyl (C=O) groups excluding carboxylic acids is 3. The summed E-state index contributed by atoms with van der Waals surface area (Å²) < 4.78 is 16.7. The van der Waals surface area contributed by atoms with Gasteiger partial charge in [0.1, 0.15) is 13.2 Å². The first kappa shape index (κ1) is 57.0. The van der Waals surface area contributed by atoms with Crippen molar-refractivity contribution in [1.29, 1.82) is 0 Å². The first-order chi connectivity index (χ1) is 30.5. The van der Waals surface area contributed by atoms with E-state index < -0.39 is 6.10 Å². The number of rotatable bonds is 39. The normalized spacial score (nSPS) is 13.5. The Bertz CT molecular complexity index is 1490. The van der Waals surface area contributed by atoms with E-state index in [2.05, 4.69) is 81.5 Å². The maximum absolute atomic E-state index is 12.8. The molecule has 6 nitrogen and oxygen atoms in total. The fourth-order valence-corrected chi connectivity index (χ4v) is 5.55. The summed E-state index contributed by atoms with van der Waals surface area (Å²) in [7, 11) is 0. The largest absolute Gasteiger partial charge is 0.462 e. The molecule has 0 bridgehead atoms. The topological polar surface area (TPSA) is 78.9 Å². The van der Waals surface area contributed by atoms with Gasteiger partial charge < -0.3 is 14.2 Å². The van der Waals surface area contributed by atoms with E-state index in [1.807, 2.05) is 97.2 Å². The van der Waals surface area contributed by atoms with Gasteiger partial charge in [0.2, 0.25) is 0 Å². The Morgan fingerprint density at radius 2 is 0.661 bits per heavy atom. The van der Waals surface area contributed by atoms with Gasteiger partial charge in [-0.05, 0) is 89.9 Å². The van der Waals surface area contributed by atoms with Gasteiger partial charge in [-0.25, -0.2) is 0 Å². The fourth-order valence-electron chi connectivity index (χ4n) is 5.55. The number of esters is 3. The van der Waals surface area contributed by atoms with Gasteiger partial charge >= 0.3 is 17.9 Å². The molecule has 0 aromatic carbocycles. The molecule has 0 aromatic rings. The van der Waals surface area contributed by atoms with Crippen LogP contribution in [-0.4, -0.2) is 37.2 Å². The lowest BCUT2D eigenvalue weighted by Gasteiger charge is -2.18. The minimum absolute atomic E-state index is 0.131. The number of hydrogen-bond acceptors (Lipinski definition) is 6. The molecule has 0 rings (SSSR count). The quantitative estimate of drug-likeness (QED) is 0.0202. The summed E-state index contributed by atoms with van der Waals surface area (Å²) in [5, 5.41) is 0. The van der Waals surface area contributed by atoms with Crippen LogP contribution in [0.5, 0.6) is 0 Å². The highest BCUT2D eigenvalue weighted by Crippen LogP contribution is 2.11. The van der Waals surface area contributed by atoms with E-state index in [0.717, 1.165) is 109 Å². The average Bonchev–Trinajstić information content (AvgIpc) is 3.27. The molecule has 1 unspecified atom stereocenters. The molecule has 0 spiro atoms. The van der Waals surface area contributed by atoms with E-state index in [9.17, 15) is 14.4 Å². The van der Waals surface area contributed by atoms with E-state index >= 15 is 0 Å². The van der Waals surface area contributed by atoms with Gasteiger partial charge in [0, 0.05) is 19.3 Å². The van der Waals surface area contributed by atoms with Gasteiger partial charge in [0.05, 0.1) is 0 Å². The van der Waals surface area contributed by atoms with E-state index in [0.29, 0.717) is 12.8 Å². The van der Waals surface area contributed by atoms with Crippen molar-refractivity contribution in [2.75, 3.05) is 13.2 Å². The van der Waals surface area contributed by atoms with Gasteiger partial charge in [-0.2, -0.15) is 0 Å². The summed E-state index contributed by atoms with van der Waals surface area (Å²) in [6, 6.07) is 0. The van der Waals surface area contributed by atoms with Crippen molar-refractivity contribution in [2.24, 2.45) is 0 Å².